The van der Waals surface area contributed by atoms with Crippen molar-refractivity contribution >= 4 is 12.0 Å². The number of hydrogen-bond acceptors (Lipinski definition) is 3. The molecule has 0 aliphatic heterocycles. The molecule has 116 valence electrons. The maximum absolute atomic E-state index is 13.5. The van der Waals surface area contributed by atoms with Gasteiger partial charge in [-0.15, -0.1) is 0 Å². The molecule has 1 unspecified atom stereocenters. The van der Waals surface area contributed by atoms with E-state index in [0.29, 0.717) is 18.5 Å². The van der Waals surface area contributed by atoms with Gasteiger partial charge in [-0.05, 0) is 36.1 Å². The molecule has 0 saturated carbocycles. The van der Waals surface area contributed by atoms with Gasteiger partial charge in [0.15, 0.2) is 11.6 Å². The zero-order valence-corrected chi connectivity index (χ0v) is 12.6. The van der Waals surface area contributed by atoms with Crippen LogP contribution in [0.4, 0.5) is 4.39 Å². The number of hydrogen-bond donors (Lipinski definition) is 2. The van der Waals surface area contributed by atoms with Gasteiger partial charge in [0.1, 0.15) is 0 Å². The average molecular weight is 295 g/mol. The van der Waals surface area contributed by atoms with Crippen LogP contribution < -0.4 is 10.1 Å². The minimum absolute atomic E-state index is 0.166. The highest BCUT2D eigenvalue weighted by Gasteiger charge is 2.08. The van der Waals surface area contributed by atoms with Crippen molar-refractivity contribution in [2.24, 2.45) is 5.92 Å². The first-order valence-corrected chi connectivity index (χ1v) is 6.91. The quantitative estimate of drug-likeness (QED) is 0.759. The van der Waals surface area contributed by atoms with E-state index in [0.717, 1.165) is 0 Å². The van der Waals surface area contributed by atoms with Gasteiger partial charge in [0, 0.05) is 12.6 Å². The minimum atomic E-state index is -0.472. The SMILES string of the molecule is COc1ccc(C=CC(=O)NCCC(O)C(C)C)cc1F. The highest BCUT2D eigenvalue weighted by Crippen LogP contribution is 2.18. The van der Waals surface area contributed by atoms with Crippen molar-refractivity contribution in [3.63, 3.8) is 0 Å². The Labute approximate surface area is 124 Å². The average Bonchev–Trinajstić information content (AvgIpc) is 2.45. The Balaban J connectivity index is 2.45. The van der Waals surface area contributed by atoms with E-state index in [-0.39, 0.29) is 17.6 Å². The second-order valence-corrected chi connectivity index (χ2v) is 5.12. The van der Waals surface area contributed by atoms with Crippen LogP contribution in [0, 0.1) is 11.7 Å². The number of carbonyl (C=O) groups is 1. The van der Waals surface area contributed by atoms with Gasteiger partial charge in [-0.25, -0.2) is 4.39 Å². The van der Waals surface area contributed by atoms with Gasteiger partial charge < -0.3 is 15.2 Å². The van der Waals surface area contributed by atoms with E-state index in [1.54, 1.807) is 6.07 Å². The number of halogens is 1. The van der Waals surface area contributed by atoms with Gasteiger partial charge in [0.05, 0.1) is 13.2 Å². The van der Waals surface area contributed by atoms with E-state index in [9.17, 15) is 14.3 Å². The van der Waals surface area contributed by atoms with E-state index >= 15 is 0 Å². The minimum Gasteiger partial charge on any atom is -0.494 e. The first-order valence-electron chi connectivity index (χ1n) is 6.91. The third-order valence-electron chi connectivity index (χ3n) is 3.11. The number of methoxy groups -OCH3 is 1. The van der Waals surface area contributed by atoms with Crippen molar-refractivity contribution in [3.8, 4) is 5.75 Å². The zero-order valence-electron chi connectivity index (χ0n) is 12.6. The first kappa shape index (κ1) is 17.2. The molecule has 0 bridgehead atoms. The van der Waals surface area contributed by atoms with Crippen molar-refractivity contribution in [3.05, 3.63) is 35.7 Å². The van der Waals surface area contributed by atoms with Crippen molar-refractivity contribution < 1.29 is 19.0 Å². The van der Waals surface area contributed by atoms with Crippen molar-refractivity contribution in [2.75, 3.05) is 13.7 Å². The summed E-state index contributed by atoms with van der Waals surface area (Å²) in [6.45, 7) is 4.24. The van der Waals surface area contributed by atoms with Crippen molar-refractivity contribution in [1.29, 1.82) is 0 Å². The molecule has 1 amide bonds. The van der Waals surface area contributed by atoms with Crippen molar-refractivity contribution in [2.45, 2.75) is 26.4 Å². The molecule has 0 heterocycles. The maximum atomic E-state index is 13.5. The fourth-order valence-electron chi connectivity index (χ4n) is 1.69. The van der Waals surface area contributed by atoms with E-state index in [1.807, 2.05) is 13.8 Å². The molecule has 0 radical (unpaired) electrons. The Bertz CT molecular complexity index is 500. The third-order valence-corrected chi connectivity index (χ3v) is 3.11. The summed E-state index contributed by atoms with van der Waals surface area (Å²) in [4.78, 5) is 11.6. The lowest BCUT2D eigenvalue weighted by Crippen LogP contribution is -2.27. The van der Waals surface area contributed by atoms with E-state index < -0.39 is 11.9 Å². The summed E-state index contributed by atoms with van der Waals surface area (Å²) in [5.74, 6) is -0.415. The summed E-state index contributed by atoms with van der Waals surface area (Å²) in [6.07, 6.45) is 2.94. The number of ether oxygens (including phenoxy) is 1. The number of aliphatic hydroxyl groups excluding tert-OH is 1. The van der Waals surface area contributed by atoms with Gasteiger partial charge in [-0.1, -0.05) is 19.9 Å². The number of aliphatic hydroxyl groups is 1. The molecule has 4 nitrogen and oxygen atoms in total. The first-order chi connectivity index (χ1) is 9.93. The van der Waals surface area contributed by atoms with Crippen LogP contribution in [0.25, 0.3) is 6.08 Å². The Morgan fingerprint density at radius 2 is 2.19 bits per heavy atom. The molecular weight excluding hydrogens is 273 g/mol. The molecule has 0 aromatic heterocycles. The van der Waals surface area contributed by atoms with Gasteiger partial charge in [-0.2, -0.15) is 0 Å². The van der Waals surface area contributed by atoms with E-state index in [2.05, 4.69) is 5.32 Å². The van der Waals surface area contributed by atoms with E-state index in [1.165, 1.54) is 31.4 Å². The smallest absolute Gasteiger partial charge is 0.244 e. The summed E-state index contributed by atoms with van der Waals surface area (Å²) in [7, 11) is 1.40. The lowest BCUT2D eigenvalue weighted by Gasteiger charge is -2.13. The van der Waals surface area contributed by atoms with Crippen LogP contribution in [-0.2, 0) is 4.79 Å². The number of benzene rings is 1. The van der Waals surface area contributed by atoms with Crippen LogP contribution in [0.3, 0.4) is 0 Å². The number of nitrogens with one attached hydrogen (secondary N) is 1. The molecule has 0 spiro atoms. The molecule has 1 aromatic carbocycles. The highest BCUT2D eigenvalue weighted by molar-refractivity contribution is 5.91. The topological polar surface area (TPSA) is 58.6 Å². The Hall–Kier alpha value is -1.88. The van der Waals surface area contributed by atoms with Crippen molar-refractivity contribution in [1.82, 2.24) is 5.32 Å². The molecule has 0 aliphatic rings. The van der Waals surface area contributed by atoms with Crippen LogP contribution in [0.15, 0.2) is 24.3 Å². The summed E-state index contributed by atoms with van der Waals surface area (Å²) in [5.41, 5.74) is 0.575. The molecular formula is C16H22FNO3. The third kappa shape index (κ3) is 5.95. The van der Waals surface area contributed by atoms with Crippen LogP contribution in [0.5, 0.6) is 5.75 Å². The molecule has 1 aromatic rings. The second-order valence-electron chi connectivity index (χ2n) is 5.12. The summed E-state index contributed by atoms with van der Waals surface area (Å²) in [6, 6.07) is 4.46. The maximum Gasteiger partial charge on any atom is 0.244 e. The Morgan fingerprint density at radius 3 is 2.76 bits per heavy atom. The molecule has 1 rings (SSSR count). The monoisotopic (exact) mass is 295 g/mol. The zero-order chi connectivity index (χ0) is 15.8. The molecule has 21 heavy (non-hydrogen) atoms. The largest absolute Gasteiger partial charge is 0.494 e. The van der Waals surface area contributed by atoms with Gasteiger partial charge in [-0.3, -0.25) is 4.79 Å². The number of carbonyl (C=O) groups excluding carboxylic acids is 1. The molecule has 0 aliphatic carbocycles. The molecule has 1 atom stereocenters. The summed E-state index contributed by atoms with van der Waals surface area (Å²) in [5, 5.41) is 12.3. The lowest BCUT2D eigenvalue weighted by atomic mass is 10.0. The van der Waals surface area contributed by atoms with Gasteiger partial charge in [0.2, 0.25) is 5.91 Å². The number of amides is 1. The summed E-state index contributed by atoms with van der Waals surface area (Å²) >= 11 is 0. The molecule has 0 saturated heterocycles. The standard InChI is InChI=1S/C16H22FNO3/c1-11(2)14(19)8-9-18-16(20)7-5-12-4-6-15(21-3)13(17)10-12/h4-7,10-11,14,19H,8-9H2,1-3H3,(H,18,20). The Kier molecular flexibility index (Phi) is 6.88. The van der Waals surface area contributed by atoms with Gasteiger partial charge in [0.25, 0.3) is 0 Å². The second kappa shape index (κ2) is 8.42. The highest BCUT2D eigenvalue weighted by atomic mass is 19.1. The molecule has 2 N–H and O–H groups in total. The van der Waals surface area contributed by atoms with E-state index in [4.69, 9.17) is 4.74 Å². The predicted molar refractivity (Wildman–Crippen MR) is 80.5 cm³/mol. The fraction of sp³-hybridized carbons (Fsp3) is 0.438. The number of rotatable bonds is 7. The lowest BCUT2D eigenvalue weighted by molar-refractivity contribution is -0.116. The Morgan fingerprint density at radius 1 is 1.48 bits per heavy atom. The molecule has 5 heteroatoms. The molecule has 0 fully saturated rings. The van der Waals surface area contributed by atoms with Crippen LogP contribution >= 0.6 is 0 Å². The normalized spacial score (nSPS) is 12.7. The van der Waals surface area contributed by atoms with Crippen LogP contribution in [-0.4, -0.2) is 30.8 Å². The van der Waals surface area contributed by atoms with Crippen LogP contribution in [0.2, 0.25) is 0 Å². The van der Waals surface area contributed by atoms with Gasteiger partial charge >= 0.3 is 0 Å². The predicted octanol–water partition coefficient (Wildman–Crippen LogP) is 2.37. The summed E-state index contributed by atoms with van der Waals surface area (Å²) < 4.78 is 18.3. The van der Waals surface area contributed by atoms with Crippen LogP contribution in [0.1, 0.15) is 25.8 Å². The fourth-order valence-corrected chi connectivity index (χ4v) is 1.69.